The maximum absolute atomic E-state index is 15.1. The number of carboxylic acid groups (broad SMARTS) is 2. The number of hydrogen-bond acceptors (Lipinski definition) is 33. The third kappa shape index (κ3) is 46.9. The summed E-state index contributed by atoms with van der Waals surface area (Å²) < 4.78 is 83.5. The van der Waals surface area contributed by atoms with Crippen LogP contribution in [0.25, 0.3) is 0 Å². The number of aliphatic hydroxyl groups is 5. The van der Waals surface area contributed by atoms with E-state index in [-0.39, 0.29) is 125 Å². The SMILES string of the molecule is CC[C@H](C)[C@@H]([C@@H](CC(=O)N1CCC[C@H]1[C@H](CO)[C@@H](C)C(=O)C[C@H](C)[C@@H](O)c1ccccc1)OC)N(C)C(=O)[C@@H](CC(=O)[C@H](C(C)C)N(C)C(=O)OCc1ccc(O[C@@H]2C[C@H](C(=O)O)[C@@H](O)[C@H](O)[C@H]2O)c(NC(=O)CCNC(=O)[C@H](CCCCNC(=O)CCOCCOCCOCCOCCOCCOCCOCCOCCOCCOCCOCCOC)NC(=O)[C@H](CN)CC(=O)C(C)CC(=O)O)c1)C(C)C. The number of hydrogen-bond donors (Lipinski definition) is 12. The Bertz CT molecular complexity index is 3970. The number of likely N-dealkylation sites (N-methyl/N-ethyl adjacent to an activating group) is 2. The Balaban J connectivity index is 1.31. The lowest BCUT2D eigenvalue weighted by Crippen LogP contribution is -2.57. The number of methoxy groups -OCH3 is 2. The number of aliphatic carboxylic acids is 2. The van der Waals surface area contributed by atoms with Crippen molar-refractivity contribution in [1.82, 2.24) is 30.7 Å². The highest BCUT2D eigenvalue weighted by atomic mass is 16.6. The van der Waals surface area contributed by atoms with E-state index in [0.29, 0.717) is 170 Å². The zero-order valence-corrected chi connectivity index (χ0v) is 85.6. The highest BCUT2D eigenvalue weighted by molar-refractivity contribution is 5.95. The third-order valence-corrected chi connectivity index (χ3v) is 25.5. The van der Waals surface area contributed by atoms with Crippen LogP contribution in [0.4, 0.5) is 10.5 Å². The Hall–Kier alpha value is -8.48. The molecule has 1 heterocycles. The van der Waals surface area contributed by atoms with Gasteiger partial charge in [0.15, 0.2) is 5.78 Å². The van der Waals surface area contributed by atoms with Crippen molar-refractivity contribution in [1.29, 1.82) is 0 Å². The molecule has 2 fully saturated rings. The Morgan fingerprint density at radius 1 is 0.563 bits per heavy atom. The number of amides is 7. The first-order chi connectivity index (χ1) is 68.0. The van der Waals surface area contributed by atoms with E-state index in [1.54, 1.807) is 77.6 Å². The van der Waals surface area contributed by atoms with Gasteiger partial charge in [0.1, 0.15) is 48.3 Å². The van der Waals surface area contributed by atoms with E-state index in [1.807, 2.05) is 32.0 Å². The van der Waals surface area contributed by atoms with E-state index in [1.165, 1.54) is 39.3 Å². The van der Waals surface area contributed by atoms with Gasteiger partial charge in [0.2, 0.25) is 35.4 Å². The summed E-state index contributed by atoms with van der Waals surface area (Å²) in [7, 11) is 6.08. The summed E-state index contributed by atoms with van der Waals surface area (Å²) in [5, 5.41) is 84.5. The molecule has 42 nitrogen and oxygen atoms in total. The summed E-state index contributed by atoms with van der Waals surface area (Å²) >= 11 is 0. The second kappa shape index (κ2) is 71.9. The second-order valence-corrected chi connectivity index (χ2v) is 36.8. The van der Waals surface area contributed by atoms with Gasteiger partial charge in [-0.1, -0.05) is 105 Å². The van der Waals surface area contributed by atoms with Crippen molar-refractivity contribution in [3.05, 3.63) is 59.7 Å². The average molecular weight is 2020 g/mol. The van der Waals surface area contributed by atoms with Crippen LogP contribution in [-0.2, 0) is 126 Å². The van der Waals surface area contributed by atoms with E-state index in [0.717, 1.165) is 4.90 Å². The number of carbonyl (C=O) groups excluding carboxylic acids is 10. The minimum absolute atomic E-state index is 0.0190. The molecule has 18 atom stereocenters. The lowest BCUT2D eigenvalue weighted by Gasteiger charge is -2.41. The first-order valence-corrected chi connectivity index (χ1v) is 49.9. The topological polar surface area (TPSA) is 569 Å². The quantitative estimate of drug-likeness (QED) is 0.0409. The molecule has 1 unspecified atom stereocenters. The van der Waals surface area contributed by atoms with Crippen LogP contribution in [0.2, 0.25) is 0 Å². The van der Waals surface area contributed by atoms with Crippen LogP contribution in [0.1, 0.15) is 169 Å². The molecule has 810 valence electrons. The standard InChI is InChI=1S/C100H166N8O34/c1-14-67(6)91(84(129-13)61-88(115)108-31-20-24-79(108)76(63-109)70(9)81(111)55-69(8)92(118)72-21-16-15-17-22-72)106(10)98(124)74(65(2)3)59-82(112)90(66(4)5)107(11)100(127)141-64-71-25-26-83(142-85-60-75(99(125)126)93(119)95(121)94(85)120)78(57-71)104-87(114)27-30-103-97(123)77(105-96(122)73(62-101)58-80(110)68(7)56-89(116)117)23-18-19-29-102-86(113)28-32-130-35-36-132-39-40-134-43-44-136-47-48-138-51-52-140-54-53-139-50-49-137-46-45-135-42-41-133-38-37-131-34-33-128-12/h15-17,21-22,25-26,57,65-70,73-77,79,84-85,90-95,109,118-121H,14,18-20,23-24,27-56,58-64,101H2,1-13H3,(H,102,113)(H,103,123)(H,104,114)(H,105,122)(H,116,117)(H,125,126)/t67-,68?,69-,70+,73-,74-,75-,76+,77-,79-,84+,85+,90-,91-,92+,93+,94-,95-/m0/s1. The summed E-state index contributed by atoms with van der Waals surface area (Å²) in [6.45, 7) is 24.1. The molecule has 0 spiro atoms. The lowest BCUT2D eigenvalue weighted by atomic mass is 9.80. The number of ether oxygens (including phenoxy) is 15. The van der Waals surface area contributed by atoms with Gasteiger partial charge in [-0.3, -0.25) is 52.7 Å². The van der Waals surface area contributed by atoms with Gasteiger partial charge in [0.05, 0.1) is 213 Å². The van der Waals surface area contributed by atoms with Gasteiger partial charge in [-0.25, -0.2) is 4.79 Å². The molecule has 2 aromatic carbocycles. The van der Waals surface area contributed by atoms with Gasteiger partial charge >= 0.3 is 18.0 Å². The minimum atomic E-state index is -1.98. The Morgan fingerprint density at radius 3 is 1.60 bits per heavy atom. The van der Waals surface area contributed by atoms with Crippen molar-refractivity contribution in [2.24, 2.45) is 64.9 Å². The summed E-state index contributed by atoms with van der Waals surface area (Å²) in [6.07, 6.45) is -9.90. The molecule has 1 aliphatic heterocycles. The molecule has 142 heavy (non-hydrogen) atoms. The van der Waals surface area contributed by atoms with Crippen LogP contribution in [0, 0.1) is 59.2 Å². The highest BCUT2D eigenvalue weighted by Gasteiger charge is 2.48. The lowest BCUT2D eigenvalue weighted by molar-refractivity contribution is -0.174. The number of Topliss-reactive ketones (excluding diaryl/α,β-unsaturated/α-hetero) is 3. The third-order valence-electron chi connectivity index (χ3n) is 25.5. The molecule has 0 radical (unpaired) electrons. The maximum Gasteiger partial charge on any atom is 0.410 e. The number of anilines is 1. The number of benzene rings is 2. The Morgan fingerprint density at radius 2 is 1.11 bits per heavy atom. The van der Waals surface area contributed by atoms with Crippen molar-refractivity contribution in [3.8, 4) is 5.75 Å². The number of nitrogens with two attached hydrogens (primary N) is 1. The van der Waals surface area contributed by atoms with Gasteiger partial charge in [0.25, 0.3) is 0 Å². The Kier molecular flexibility index (Phi) is 63.7. The molecule has 4 rings (SSSR count). The molecular weight excluding hydrogens is 1860 g/mol. The van der Waals surface area contributed by atoms with Gasteiger partial charge in [-0.2, -0.15) is 0 Å². The molecule has 42 heteroatoms. The molecule has 0 aromatic heterocycles. The van der Waals surface area contributed by atoms with Crippen molar-refractivity contribution < 1.29 is 164 Å². The number of likely N-dealkylation sites (tertiary alicyclic amines) is 1. The van der Waals surface area contributed by atoms with E-state index >= 15 is 4.79 Å². The van der Waals surface area contributed by atoms with Crippen molar-refractivity contribution >= 4 is 76.5 Å². The van der Waals surface area contributed by atoms with Crippen molar-refractivity contribution in [2.45, 2.75) is 220 Å². The van der Waals surface area contributed by atoms with Gasteiger partial charge in [-0.05, 0) is 79.0 Å². The number of unbranched alkanes of at least 4 members (excludes halogenated alkanes) is 1. The van der Waals surface area contributed by atoms with E-state index in [9.17, 15) is 88.5 Å². The Labute approximate surface area is 836 Å². The molecule has 7 amide bonds. The van der Waals surface area contributed by atoms with Gasteiger partial charge in [0, 0.05) is 129 Å². The van der Waals surface area contributed by atoms with E-state index in [4.69, 9.17) is 76.8 Å². The normalized spacial score (nSPS) is 18.5. The molecule has 0 bridgehead atoms. The molecule has 2 aliphatic rings. The van der Waals surface area contributed by atoms with Crippen LogP contribution in [0.15, 0.2) is 48.5 Å². The van der Waals surface area contributed by atoms with Crippen LogP contribution >= 0.6 is 0 Å². The monoisotopic (exact) mass is 2020 g/mol. The molecule has 1 saturated heterocycles. The van der Waals surface area contributed by atoms with Crippen LogP contribution in [-0.4, -0.2) is 389 Å². The summed E-state index contributed by atoms with van der Waals surface area (Å²) in [4.78, 5) is 169. The molecule has 1 aliphatic carbocycles. The van der Waals surface area contributed by atoms with Crippen LogP contribution in [0.3, 0.4) is 0 Å². The van der Waals surface area contributed by atoms with Crippen molar-refractivity contribution in [3.63, 3.8) is 0 Å². The summed E-state index contributed by atoms with van der Waals surface area (Å²) in [5.74, 6) is -14.9. The van der Waals surface area contributed by atoms with Crippen molar-refractivity contribution in [2.75, 3.05) is 218 Å². The van der Waals surface area contributed by atoms with Crippen LogP contribution in [0.5, 0.6) is 5.75 Å². The number of ketones is 3. The number of carbonyl (C=O) groups is 12. The van der Waals surface area contributed by atoms with Gasteiger partial charge in [-0.15, -0.1) is 0 Å². The second-order valence-electron chi connectivity index (χ2n) is 36.8. The highest BCUT2D eigenvalue weighted by Crippen LogP contribution is 2.37. The zero-order chi connectivity index (χ0) is 105. The largest absolute Gasteiger partial charge is 0.485 e. The number of carboxylic acids is 2. The number of nitrogens with zero attached hydrogens (tertiary/aromatic N) is 3. The van der Waals surface area contributed by atoms with Gasteiger partial charge < -0.3 is 148 Å². The van der Waals surface area contributed by atoms with E-state index < -0.39 is 200 Å². The molecule has 1 saturated carbocycles. The number of rotatable bonds is 81. The summed E-state index contributed by atoms with van der Waals surface area (Å²) in [6, 6.07) is 9.51. The fourth-order valence-corrected chi connectivity index (χ4v) is 16.9. The maximum atomic E-state index is 15.1. The zero-order valence-electron chi connectivity index (χ0n) is 85.6. The predicted molar refractivity (Wildman–Crippen MR) is 519 cm³/mol. The predicted octanol–water partition coefficient (Wildman–Crippen LogP) is 4.37. The first kappa shape index (κ1) is 126. The number of nitrogens with one attached hydrogen (secondary N) is 4. The molecular formula is C100H166N8O34. The fourth-order valence-electron chi connectivity index (χ4n) is 16.9. The fraction of sp³-hybridized carbons (Fsp3) is 0.760. The van der Waals surface area contributed by atoms with Crippen LogP contribution < -0.4 is 31.7 Å². The smallest absolute Gasteiger partial charge is 0.410 e. The molecule has 13 N–H and O–H groups in total. The summed E-state index contributed by atoms with van der Waals surface area (Å²) in [5.41, 5.74) is 6.71. The van der Waals surface area contributed by atoms with E-state index in [2.05, 4.69) is 21.3 Å². The minimum Gasteiger partial charge on any atom is -0.485 e. The average Bonchev–Trinajstić information content (AvgIpc) is 1.65. The first-order valence-electron chi connectivity index (χ1n) is 49.9. The molecule has 2 aromatic rings. The number of aliphatic hydroxyl groups excluding tert-OH is 5.